The quantitative estimate of drug-likeness (QED) is 0.261. The van der Waals surface area contributed by atoms with Crippen molar-refractivity contribution >= 4 is 10.8 Å². The number of benzene rings is 4. The topological polar surface area (TPSA) is 9.23 Å². The van der Waals surface area contributed by atoms with Gasteiger partial charge in [-0.1, -0.05) is 48.8 Å². The highest BCUT2D eigenvalue weighted by Crippen LogP contribution is 2.25. The lowest BCUT2D eigenvalue weighted by Gasteiger charge is -2.06. The molecule has 0 heterocycles. The molecule has 0 radical (unpaired) electrons. The van der Waals surface area contributed by atoms with Crippen LogP contribution >= 0.6 is 0 Å². The highest BCUT2D eigenvalue weighted by atomic mass is 19.2. The molecule has 0 unspecified atom stereocenters. The lowest BCUT2D eigenvalue weighted by molar-refractivity contribution is 0.363. The predicted molar refractivity (Wildman–Crippen MR) is 117 cm³/mol. The van der Waals surface area contributed by atoms with E-state index in [-0.39, 0.29) is 5.56 Å². The maximum Gasteiger partial charge on any atom is 0.159 e. The van der Waals surface area contributed by atoms with E-state index in [0.29, 0.717) is 28.7 Å². The van der Waals surface area contributed by atoms with Gasteiger partial charge in [0.15, 0.2) is 11.6 Å². The number of halogens is 3. The molecule has 4 aromatic rings. The summed E-state index contributed by atoms with van der Waals surface area (Å²) in [7, 11) is 0. The van der Waals surface area contributed by atoms with Crippen LogP contribution in [0.25, 0.3) is 21.9 Å². The Labute approximate surface area is 178 Å². The largest absolute Gasteiger partial charge is 0.490 e. The van der Waals surface area contributed by atoms with E-state index in [1.165, 1.54) is 6.07 Å². The zero-order valence-corrected chi connectivity index (χ0v) is 16.5. The Balaban J connectivity index is 1.57. The molecule has 4 rings (SSSR count). The fourth-order valence-corrected chi connectivity index (χ4v) is 3.15. The fraction of sp³-hybridized carbons (Fsp3) is 0.0370. The van der Waals surface area contributed by atoms with Crippen LogP contribution in [0.4, 0.5) is 13.2 Å². The van der Waals surface area contributed by atoms with Crippen LogP contribution in [-0.4, -0.2) is 6.61 Å². The third-order valence-corrected chi connectivity index (χ3v) is 4.75. The second kappa shape index (κ2) is 8.81. The summed E-state index contributed by atoms with van der Waals surface area (Å²) < 4.78 is 46.9. The Morgan fingerprint density at radius 1 is 0.710 bits per heavy atom. The van der Waals surface area contributed by atoms with Gasteiger partial charge in [-0.15, -0.1) is 0 Å². The first kappa shape index (κ1) is 20.3. The zero-order chi connectivity index (χ0) is 21.8. The Hall–Kier alpha value is -3.97. The van der Waals surface area contributed by atoms with Crippen LogP contribution < -0.4 is 4.74 Å². The van der Waals surface area contributed by atoms with Crippen LogP contribution in [0.5, 0.6) is 5.75 Å². The lowest BCUT2D eigenvalue weighted by atomic mass is 10.0. The molecule has 0 aliphatic heterocycles. The highest BCUT2D eigenvalue weighted by molar-refractivity contribution is 5.84. The molecule has 0 fully saturated rings. The van der Waals surface area contributed by atoms with Crippen molar-refractivity contribution in [1.82, 2.24) is 0 Å². The van der Waals surface area contributed by atoms with Gasteiger partial charge in [0.2, 0.25) is 0 Å². The standard InChI is InChI=1S/C27H17F3O/c1-2-13-31-24-11-9-19(10-12-24)21-8-7-20(25(28)15-21)5-3-18-4-6-22-16-26(29)27(30)17-23(22)14-18/h2,4,6-12,14-17H,1,13H2. The number of hydrogen-bond donors (Lipinski definition) is 0. The van der Waals surface area contributed by atoms with Crippen molar-refractivity contribution < 1.29 is 17.9 Å². The number of fused-ring (bicyclic) bond motifs is 1. The van der Waals surface area contributed by atoms with Crippen molar-refractivity contribution in [3.05, 3.63) is 114 Å². The summed E-state index contributed by atoms with van der Waals surface area (Å²) in [5.74, 6) is 4.15. The molecule has 152 valence electrons. The zero-order valence-electron chi connectivity index (χ0n) is 16.5. The molecular weight excluding hydrogens is 397 g/mol. The second-order valence-electron chi connectivity index (χ2n) is 6.90. The summed E-state index contributed by atoms with van der Waals surface area (Å²) in [6, 6.07) is 19.5. The first-order valence-corrected chi connectivity index (χ1v) is 9.58. The first-order valence-electron chi connectivity index (χ1n) is 9.58. The van der Waals surface area contributed by atoms with E-state index in [2.05, 4.69) is 18.4 Å². The number of rotatable bonds is 4. The summed E-state index contributed by atoms with van der Waals surface area (Å²) in [4.78, 5) is 0. The van der Waals surface area contributed by atoms with Crippen molar-refractivity contribution in [3.63, 3.8) is 0 Å². The molecule has 1 nitrogen and oxygen atoms in total. The Bertz CT molecular complexity index is 1330. The van der Waals surface area contributed by atoms with E-state index < -0.39 is 17.5 Å². The average molecular weight is 414 g/mol. The summed E-state index contributed by atoms with van der Waals surface area (Å²) in [6.45, 7) is 4.03. The van der Waals surface area contributed by atoms with Crippen molar-refractivity contribution in [2.45, 2.75) is 0 Å². The molecular formula is C27H17F3O. The van der Waals surface area contributed by atoms with Gasteiger partial charge in [-0.25, -0.2) is 13.2 Å². The van der Waals surface area contributed by atoms with Gasteiger partial charge < -0.3 is 4.74 Å². The molecule has 0 aliphatic carbocycles. The monoisotopic (exact) mass is 414 g/mol. The Morgan fingerprint density at radius 2 is 1.42 bits per heavy atom. The number of ether oxygens (including phenoxy) is 1. The van der Waals surface area contributed by atoms with Gasteiger partial charge in [-0.2, -0.15) is 0 Å². The Kier molecular flexibility index (Phi) is 5.77. The minimum absolute atomic E-state index is 0.250. The van der Waals surface area contributed by atoms with Gasteiger partial charge in [0.25, 0.3) is 0 Å². The van der Waals surface area contributed by atoms with Gasteiger partial charge >= 0.3 is 0 Å². The van der Waals surface area contributed by atoms with Gasteiger partial charge in [-0.3, -0.25) is 0 Å². The van der Waals surface area contributed by atoms with Gasteiger partial charge in [0, 0.05) is 5.56 Å². The normalized spacial score (nSPS) is 10.4. The second-order valence-corrected chi connectivity index (χ2v) is 6.90. The smallest absolute Gasteiger partial charge is 0.159 e. The van der Waals surface area contributed by atoms with E-state index in [9.17, 15) is 13.2 Å². The molecule has 0 aliphatic rings. The Morgan fingerprint density at radius 3 is 2.13 bits per heavy atom. The van der Waals surface area contributed by atoms with Crippen molar-refractivity contribution in [2.75, 3.05) is 6.61 Å². The molecule has 4 aromatic carbocycles. The van der Waals surface area contributed by atoms with Gasteiger partial charge in [0.1, 0.15) is 18.2 Å². The molecule has 0 bridgehead atoms. The van der Waals surface area contributed by atoms with Gasteiger partial charge in [-0.05, 0) is 70.4 Å². The van der Waals surface area contributed by atoms with Crippen molar-refractivity contribution in [3.8, 4) is 28.7 Å². The molecule has 0 atom stereocenters. The van der Waals surface area contributed by atoms with Crippen LogP contribution in [0.1, 0.15) is 11.1 Å². The summed E-state index contributed by atoms with van der Waals surface area (Å²) in [5, 5.41) is 1.10. The molecule has 31 heavy (non-hydrogen) atoms. The van der Waals surface area contributed by atoms with E-state index in [4.69, 9.17) is 4.74 Å². The van der Waals surface area contributed by atoms with E-state index >= 15 is 0 Å². The van der Waals surface area contributed by atoms with Crippen LogP contribution in [0.3, 0.4) is 0 Å². The van der Waals surface area contributed by atoms with E-state index in [0.717, 1.165) is 23.3 Å². The van der Waals surface area contributed by atoms with Crippen LogP contribution in [0, 0.1) is 29.3 Å². The minimum atomic E-state index is -0.917. The maximum absolute atomic E-state index is 14.6. The SMILES string of the molecule is C=CCOc1ccc(-c2ccc(C#Cc3ccc4cc(F)c(F)cc4c3)c(F)c2)cc1. The lowest BCUT2D eigenvalue weighted by Crippen LogP contribution is -1.92. The van der Waals surface area contributed by atoms with Crippen molar-refractivity contribution in [1.29, 1.82) is 0 Å². The average Bonchev–Trinajstić information content (AvgIpc) is 2.78. The molecule has 0 saturated carbocycles. The third kappa shape index (κ3) is 4.62. The number of hydrogen-bond acceptors (Lipinski definition) is 1. The van der Waals surface area contributed by atoms with E-state index in [1.807, 2.05) is 24.3 Å². The van der Waals surface area contributed by atoms with E-state index in [1.54, 1.807) is 36.4 Å². The first-order chi connectivity index (χ1) is 15.0. The van der Waals surface area contributed by atoms with Crippen molar-refractivity contribution in [2.24, 2.45) is 0 Å². The summed E-state index contributed by atoms with van der Waals surface area (Å²) in [6.07, 6.45) is 1.67. The highest BCUT2D eigenvalue weighted by Gasteiger charge is 2.06. The molecule has 0 amide bonds. The van der Waals surface area contributed by atoms with Crippen LogP contribution in [-0.2, 0) is 0 Å². The summed E-state index contributed by atoms with van der Waals surface area (Å²) >= 11 is 0. The van der Waals surface area contributed by atoms with Crippen LogP contribution in [0.2, 0.25) is 0 Å². The molecule has 4 heteroatoms. The maximum atomic E-state index is 14.6. The van der Waals surface area contributed by atoms with Crippen LogP contribution in [0.15, 0.2) is 85.5 Å². The van der Waals surface area contributed by atoms with Gasteiger partial charge in [0.05, 0.1) is 5.56 Å². The third-order valence-electron chi connectivity index (χ3n) is 4.75. The molecule has 0 aromatic heterocycles. The minimum Gasteiger partial charge on any atom is -0.490 e. The predicted octanol–water partition coefficient (Wildman–Crippen LogP) is 6.89. The summed E-state index contributed by atoms with van der Waals surface area (Å²) in [5.41, 5.74) is 2.41. The molecule has 0 saturated heterocycles. The molecule has 0 spiro atoms. The molecule has 0 N–H and O–H groups in total. The fourth-order valence-electron chi connectivity index (χ4n) is 3.15.